The number of sulfonamides is 1. The van der Waals surface area contributed by atoms with Gasteiger partial charge in [0.1, 0.15) is 45.4 Å². The van der Waals surface area contributed by atoms with Crippen molar-refractivity contribution in [3.05, 3.63) is 165 Å². The largest absolute Gasteiger partial charge is 0.465 e. The molecule has 2 heterocycles. The number of benzene rings is 6. The molecule has 324 valence electrons. The first-order chi connectivity index (χ1) is 29.9. The van der Waals surface area contributed by atoms with E-state index in [9.17, 15) is 35.2 Å². The number of ether oxygens (including phenoxy) is 2. The smallest absolute Gasteiger partial charge is 0.342 e. The van der Waals surface area contributed by atoms with Gasteiger partial charge in [-0.2, -0.15) is 0 Å². The molecule has 0 aliphatic carbocycles. The van der Waals surface area contributed by atoms with Gasteiger partial charge >= 0.3 is 11.9 Å². The van der Waals surface area contributed by atoms with E-state index >= 15 is 0 Å². The van der Waals surface area contributed by atoms with Crippen LogP contribution < -0.4 is 10.5 Å². The lowest BCUT2D eigenvalue weighted by Crippen LogP contribution is -2.13. The number of hydrogen-bond acceptors (Lipinski definition) is 11. The van der Waals surface area contributed by atoms with Gasteiger partial charge in [0.05, 0.1) is 29.7 Å². The van der Waals surface area contributed by atoms with Crippen LogP contribution in [0.2, 0.25) is 0 Å². The summed E-state index contributed by atoms with van der Waals surface area (Å²) in [5, 5.41) is 0.993. The predicted octanol–water partition coefficient (Wildman–Crippen LogP) is 11.6. The molecule has 0 bridgehead atoms. The molecule has 2 aromatic heterocycles. The van der Waals surface area contributed by atoms with E-state index in [1.54, 1.807) is 54.6 Å². The van der Waals surface area contributed by atoms with E-state index in [1.807, 2.05) is 0 Å². The maximum absolute atomic E-state index is 13.3. The van der Waals surface area contributed by atoms with Crippen LogP contribution in [0.1, 0.15) is 20.7 Å². The summed E-state index contributed by atoms with van der Waals surface area (Å²) >= 11 is 6.68. The van der Waals surface area contributed by atoms with Crippen molar-refractivity contribution in [1.82, 2.24) is 0 Å². The van der Waals surface area contributed by atoms with Crippen LogP contribution >= 0.6 is 42.5 Å². The van der Waals surface area contributed by atoms with Gasteiger partial charge in [-0.3, -0.25) is 4.72 Å². The Bertz CT molecular complexity index is 3190. The summed E-state index contributed by atoms with van der Waals surface area (Å²) in [6.45, 7) is 0. The fourth-order valence-electron chi connectivity index (χ4n) is 5.93. The summed E-state index contributed by atoms with van der Waals surface area (Å²) in [4.78, 5) is 24.9. The first-order valence-corrected chi connectivity index (χ1v) is 23.3. The monoisotopic (exact) mass is 1040 g/mol. The Morgan fingerprint density at radius 3 is 1.44 bits per heavy atom. The van der Waals surface area contributed by atoms with Crippen molar-refractivity contribution in [2.45, 2.75) is 9.79 Å². The number of rotatable bonds is 8. The summed E-state index contributed by atoms with van der Waals surface area (Å²) in [5.41, 5.74) is 8.76. The number of nitrogen functional groups attached to an aromatic ring is 1. The van der Waals surface area contributed by atoms with E-state index in [0.717, 1.165) is 0 Å². The minimum atomic E-state index is -3.84. The molecule has 0 spiro atoms. The number of esters is 2. The third-order valence-corrected chi connectivity index (χ3v) is 13.0. The second-order valence-corrected chi connectivity index (χ2v) is 18.9. The third kappa shape index (κ3) is 10.8. The van der Waals surface area contributed by atoms with Crippen molar-refractivity contribution in [2.75, 3.05) is 24.7 Å². The highest BCUT2D eigenvalue weighted by atomic mass is 79.9. The van der Waals surface area contributed by atoms with Crippen molar-refractivity contribution in [3.63, 3.8) is 0 Å². The molecule has 12 nitrogen and oxygen atoms in total. The lowest BCUT2D eigenvalue weighted by molar-refractivity contribution is 0.0594. The van der Waals surface area contributed by atoms with Crippen molar-refractivity contribution >= 4 is 107 Å². The molecule has 6 aromatic carbocycles. The minimum absolute atomic E-state index is 0.101. The predicted molar refractivity (Wildman–Crippen MR) is 242 cm³/mol. The lowest BCUT2D eigenvalue weighted by atomic mass is 10.1. The van der Waals surface area contributed by atoms with Gasteiger partial charge in [-0.1, -0.05) is 36.4 Å². The summed E-state index contributed by atoms with van der Waals surface area (Å²) < 4.78 is 98.0. The Morgan fingerprint density at radius 1 is 0.619 bits per heavy atom. The number of nitrogens with one attached hydrogen (secondary N) is 1. The van der Waals surface area contributed by atoms with E-state index in [4.69, 9.17) is 34.7 Å². The van der Waals surface area contributed by atoms with Crippen molar-refractivity contribution in [2.24, 2.45) is 0 Å². The Balaban J connectivity index is 0.000000178. The number of fused-ring (bicyclic) bond motifs is 2. The molecule has 0 aliphatic heterocycles. The Kier molecular flexibility index (Phi) is 14.4. The van der Waals surface area contributed by atoms with Crippen molar-refractivity contribution in [1.29, 1.82) is 0 Å². The summed E-state index contributed by atoms with van der Waals surface area (Å²) in [6.07, 6.45) is 0. The molecule has 0 aliphatic rings. The molecule has 0 radical (unpaired) electrons. The molecule has 0 unspecified atom stereocenters. The number of carbonyl (C=O) groups is 2. The van der Waals surface area contributed by atoms with Gasteiger partial charge in [0, 0.05) is 59.3 Å². The third-order valence-electron chi connectivity index (χ3n) is 8.90. The maximum Gasteiger partial charge on any atom is 0.342 e. The van der Waals surface area contributed by atoms with Gasteiger partial charge < -0.3 is 24.0 Å². The van der Waals surface area contributed by atoms with Crippen LogP contribution in [0, 0.1) is 11.6 Å². The Morgan fingerprint density at radius 2 is 1.03 bits per heavy atom. The molecule has 0 atom stereocenters. The molecule has 0 amide bonds. The molecule has 8 aromatic rings. The number of hydrogen-bond donors (Lipinski definition) is 2. The topological polar surface area (TPSA) is 185 Å². The number of methoxy groups -OCH3 is 2. The number of furan rings is 2. The quantitative estimate of drug-likeness (QED) is 0.0838. The van der Waals surface area contributed by atoms with Crippen LogP contribution in [-0.4, -0.2) is 43.0 Å². The average molecular weight is 1050 g/mol. The maximum atomic E-state index is 13.3. The second-order valence-electron chi connectivity index (χ2n) is 13.0. The molecular formula is C44H31Br2ClF2N2O10S2. The molecule has 19 heteroatoms. The molecular weight excluding hydrogens is 1010 g/mol. The summed E-state index contributed by atoms with van der Waals surface area (Å²) in [6, 6.07) is 33.3. The van der Waals surface area contributed by atoms with Gasteiger partial charge in [0.2, 0.25) is 0 Å². The van der Waals surface area contributed by atoms with Gasteiger partial charge in [0.15, 0.2) is 0 Å². The van der Waals surface area contributed by atoms with Crippen molar-refractivity contribution < 1.29 is 53.5 Å². The fourth-order valence-corrected chi connectivity index (χ4v) is 8.73. The van der Waals surface area contributed by atoms with E-state index in [2.05, 4.69) is 36.6 Å². The number of anilines is 2. The van der Waals surface area contributed by atoms with Crippen LogP contribution in [0.3, 0.4) is 0 Å². The SMILES string of the molecule is COC(=O)c1c(-c2ccc(F)cc2)oc2cc(N)c(Br)cc12.COC(=O)c1c(-c2ccc(F)cc2)oc2cc(NS(=O)(=O)c3ccccc3)c(Br)cc12.O=S(=O)(Cl)c1ccccc1. The van der Waals surface area contributed by atoms with E-state index < -0.39 is 36.8 Å². The van der Waals surface area contributed by atoms with E-state index in [-0.39, 0.29) is 43.8 Å². The van der Waals surface area contributed by atoms with Gasteiger partial charge in [-0.15, -0.1) is 0 Å². The molecule has 0 fully saturated rings. The standard InChI is InChI=1S/C22H15BrFNO5S.C16H11BrFNO3.C6H5ClO2S/c1-29-22(26)20-16-11-17(23)18(25-31(27,28)15-5-3-2-4-6-15)12-19(16)30-21(20)13-7-9-14(24)10-8-13;1-21-16(20)14-10-6-11(17)12(19)7-13(10)22-15(14)8-2-4-9(18)5-3-8;7-10(8,9)6-4-2-1-3-5-6/h2-12,25H,1H3;2-7H,19H2,1H3;1-5H. The highest BCUT2D eigenvalue weighted by Gasteiger charge is 2.26. The molecule has 63 heavy (non-hydrogen) atoms. The van der Waals surface area contributed by atoms with Gasteiger partial charge in [-0.25, -0.2) is 35.2 Å². The molecule has 0 saturated carbocycles. The van der Waals surface area contributed by atoms with Crippen LogP contribution in [-0.2, 0) is 28.5 Å². The first-order valence-electron chi connectivity index (χ1n) is 18.0. The first kappa shape index (κ1) is 46.5. The van der Waals surface area contributed by atoms with Crippen LogP contribution in [0.5, 0.6) is 0 Å². The zero-order valence-corrected chi connectivity index (χ0v) is 38.1. The second kappa shape index (κ2) is 19.6. The fraction of sp³-hybridized carbons (Fsp3) is 0.0455. The van der Waals surface area contributed by atoms with Crippen LogP contribution in [0.15, 0.2) is 161 Å². The highest BCUT2D eigenvalue weighted by molar-refractivity contribution is 9.11. The van der Waals surface area contributed by atoms with E-state index in [1.165, 1.54) is 93.1 Å². The van der Waals surface area contributed by atoms with E-state index in [0.29, 0.717) is 47.9 Å². The summed E-state index contributed by atoms with van der Waals surface area (Å²) in [7, 11) is 0.196. The highest BCUT2D eigenvalue weighted by Crippen LogP contribution is 2.40. The Labute approximate surface area is 380 Å². The number of nitrogens with two attached hydrogens (primary N) is 1. The van der Waals surface area contributed by atoms with Gasteiger partial charge in [0.25, 0.3) is 19.1 Å². The normalized spacial score (nSPS) is 11.2. The minimum Gasteiger partial charge on any atom is -0.465 e. The van der Waals surface area contributed by atoms with Crippen molar-refractivity contribution in [3.8, 4) is 22.6 Å². The zero-order valence-electron chi connectivity index (χ0n) is 32.6. The summed E-state index contributed by atoms with van der Waals surface area (Å²) in [5.74, 6) is -1.46. The van der Waals surface area contributed by atoms with Crippen LogP contribution in [0.4, 0.5) is 20.2 Å². The molecule has 0 saturated heterocycles. The molecule has 3 N–H and O–H groups in total. The van der Waals surface area contributed by atoms with Crippen LogP contribution in [0.25, 0.3) is 44.6 Å². The average Bonchev–Trinajstić information content (AvgIpc) is 3.82. The lowest BCUT2D eigenvalue weighted by Gasteiger charge is -2.10. The zero-order chi connectivity index (χ0) is 45.6. The number of halogens is 5. The Hall–Kier alpha value is -6.05. The van der Waals surface area contributed by atoms with Gasteiger partial charge in [-0.05, 0) is 117 Å². The molecule has 8 rings (SSSR count). The number of carbonyl (C=O) groups excluding carboxylic acids is 2.